The van der Waals surface area contributed by atoms with Crippen LogP contribution in [0.2, 0.25) is 0 Å². The van der Waals surface area contributed by atoms with Crippen molar-refractivity contribution in [2.24, 2.45) is 0 Å². The van der Waals surface area contributed by atoms with Crippen LogP contribution < -0.4 is 5.32 Å². The van der Waals surface area contributed by atoms with Crippen LogP contribution in [0.3, 0.4) is 0 Å². The molecule has 0 aromatic heterocycles. The normalized spacial score (nSPS) is 11.6. The van der Waals surface area contributed by atoms with E-state index in [1.165, 1.54) is 17.8 Å². The predicted molar refractivity (Wildman–Crippen MR) is 71.5 cm³/mol. The van der Waals surface area contributed by atoms with Gasteiger partial charge in [0.1, 0.15) is 6.04 Å². The quantitative estimate of drug-likeness (QED) is 0.584. The molecule has 18 heavy (non-hydrogen) atoms. The number of carboxylic acid groups (broad SMARTS) is 1. The third kappa shape index (κ3) is 5.05. The van der Waals surface area contributed by atoms with Gasteiger partial charge in [0.05, 0.1) is 5.75 Å². The number of rotatable bonds is 7. The van der Waals surface area contributed by atoms with Crippen molar-refractivity contribution in [1.82, 2.24) is 5.32 Å². The fourth-order valence-corrected chi connectivity index (χ4v) is 2.02. The molecule has 0 radical (unpaired) electrons. The summed E-state index contributed by atoms with van der Waals surface area (Å²) in [4.78, 5) is 23.4. The highest BCUT2D eigenvalue weighted by molar-refractivity contribution is 8.00. The number of hydrogen-bond acceptors (Lipinski definition) is 3. The number of hydrogen-bond donors (Lipinski definition) is 2. The van der Waals surface area contributed by atoms with E-state index in [-0.39, 0.29) is 18.1 Å². The molecule has 4 nitrogen and oxygen atoms in total. The summed E-state index contributed by atoms with van der Waals surface area (Å²) in [6, 6.07) is 8.57. The van der Waals surface area contributed by atoms with Crippen LogP contribution in [0.1, 0.15) is 6.42 Å². The van der Waals surface area contributed by atoms with Crippen molar-refractivity contribution in [2.45, 2.75) is 17.4 Å². The van der Waals surface area contributed by atoms with Crippen molar-refractivity contribution in [1.29, 1.82) is 0 Å². The Balaban J connectivity index is 2.41. The molecule has 0 heterocycles. The van der Waals surface area contributed by atoms with Crippen molar-refractivity contribution in [3.05, 3.63) is 43.0 Å². The van der Waals surface area contributed by atoms with E-state index in [0.29, 0.717) is 0 Å². The first-order valence-corrected chi connectivity index (χ1v) is 6.43. The number of carbonyl (C=O) groups is 2. The molecule has 1 aromatic rings. The molecular formula is C13H15NO3S. The Morgan fingerprint density at radius 1 is 1.39 bits per heavy atom. The molecule has 0 spiro atoms. The van der Waals surface area contributed by atoms with Gasteiger partial charge in [0.25, 0.3) is 0 Å². The fraction of sp³-hybridized carbons (Fsp3) is 0.231. The average molecular weight is 265 g/mol. The van der Waals surface area contributed by atoms with Gasteiger partial charge in [-0.25, -0.2) is 4.79 Å². The summed E-state index contributed by atoms with van der Waals surface area (Å²) >= 11 is 1.37. The van der Waals surface area contributed by atoms with Gasteiger partial charge in [0.15, 0.2) is 0 Å². The second kappa shape index (κ2) is 7.55. The Labute approximate surface area is 110 Å². The average Bonchev–Trinajstić information content (AvgIpc) is 2.37. The largest absolute Gasteiger partial charge is 0.480 e. The van der Waals surface area contributed by atoms with E-state index in [1.807, 2.05) is 30.3 Å². The number of nitrogens with one attached hydrogen (secondary N) is 1. The molecule has 5 heteroatoms. The lowest BCUT2D eigenvalue weighted by molar-refractivity contribution is -0.141. The van der Waals surface area contributed by atoms with Gasteiger partial charge < -0.3 is 10.4 Å². The van der Waals surface area contributed by atoms with Gasteiger partial charge in [-0.15, -0.1) is 18.3 Å². The second-order valence-electron chi connectivity index (χ2n) is 3.58. The predicted octanol–water partition coefficient (Wildman–Crippen LogP) is 1.92. The van der Waals surface area contributed by atoms with Crippen LogP contribution in [0.25, 0.3) is 0 Å². The van der Waals surface area contributed by atoms with Crippen molar-refractivity contribution >= 4 is 23.6 Å². The van der Waals surface area contributed by atoms with Crippen molar-refractivity contribution in [3.8, 4) is 0 Å². The van der Waals surface area contributed by atoms with Gasteiger partial charge in [-0.2, -0.15) is 0 Å². The molecule has 96 valence electrons. The van der Waals surface area contributed by atoms with Gasteiger partial charge in [-0.3, -0.25) is 4.79 Å². The van der Waals surface area contributed by atoms with Crippen molar-refractivity contribution < 1.29 is 14.7 Å². The van der Waals surface area contributed by atoms with Gasteiger partial charge in [0, 0.05) is 4.90 Å². The van der Waals surface area contributed by atoms with Crippen molar-refractivity contribution in [3.63, 3.8) is 0 Å². The zero-order valence-corrected chi connectivity index (χ0v) is 10.7. The highest BCUT2D eigenvalue weighted by Crippen LogP contribution is 2.16. The van der Waals surface area contributed by atoms with Crippen LogP contribution in [0.4, 0.5) is 0 Å². The first kappa shape index (κ1) is 14.3. The lowest BCUT2D eigenvalue weighted by Crippen LogP contribution is -2.41. The molecule has 0 fully saturated rings. The number of carboxylic acids is 1. The van der Waals surface area contributed by atoms with E-state index in [9.17, 15) is 9.59 Å². The molecule has 0 aliphatic rings. The minimum absolute atomic E-state index is 0.199. The first-order chi connectivity index (χ1) is 8.63. The highest BCUT2D eigenvalue weighted by Gasteiger charge is 2.17. The van der Waals surface area contributed by atoms with E-state index in [1.54, 1.807) is 0 Å². The molecule has 0 aliphatic carbocycles. The maximum atomic E-state index is 11.6. The molecule has 1 rings (SSSR count). The van der Waals surface area contributed by atoms with E-state index >= 15 is 0 Å². The Hall–Kier alpha value is -1.75. The molecule has 2 N–H and O–H groups in total. The minimum atomic E-state index is -1.05. The SMILES string of the molecule is C=CCC(NC(=O)CSc1ccccc1)C(=O)O. The van der Waals surface area contributed by atoms with Gasteiger partial charge in [-0.1, -0.05) is 24.3 Å². The number of amides is 1. The molecule has 0 saturated carbocycles. The maximum Gasteiger partial charge on any atom is 0.326 e. The summed E-state index contributed by atoms with van der Waals surface area (Å²) in [5, 5.41) is 11.3. The summed E-state index contributed by atoms with van der Waals surface area (Å²) in [5.74, 6) is -1.14. The van der Waals surface area contributed by atoms with Crippen LogP contribution in [-0.4, -0.2) is 28.8 Å². The van der Waals surface area contributed by atoms with E-state index in [4.69, 9.17) is 5.11 Å². The lowest BCUT2D eigenvalue weighted by atomic mass is 10.2. The fourth-order valence-electron chi connectivity index (χ4n) is 1.29. The summed E-state index contributed by atoms with van der Waals surface area (Å²) in [6.45, 7) is 3.46. The maximum absolute atomic E-state index is 11.6. The van der Waals surface area contributed by atoms with Crippen LogP contribution >= 0.6 is 11.8 Å². The molecule has 0 bridgehead atoms. The molecule has 1 amide bonds. The summed E-state index contributed by atoms with van der Waals surface area (Å²) in [5.41, 5.74) is 0. The van der Waals surface area contributed by atoms with Gasteiger partial charge in [-0.05, 0) is 18.6 Å². The third-order valence-electron chi connectivity index (χ3n) is 2.15. The smallest absolute Gasteiger partial charge is 0.326 e. The Kier molecular flexibility index (Phi) is 6.00. The van der Waals surface area contributed by atoms with E-state index < -0.39 is 12.0 Å². The van der Waals surface area contributed by atoms with E-state index in [0.717, 1.165) is 4.90 Å². The molecule has 1 atom stereocenters. The summed E-state index contributed by atoms with van der Waals surface area (Å²) < 4.78 is 0. The Morgan fingerprint density at radius 3 is 2.61 bits per heavy atom. The van der Waals surface area contributed by atoms with Crippen molar-refractivity contribution in [2.75, 3.05) is 5.75 Å². The van der Waals surface area contributed by atoms with Crippen LogP contribution in [0.5, 0.6) is 0 Å². The molecule has 1 unspecified atom stereocenters. The monoisotopic (exact) mass is 265 g/mol. The Morgan fingerprint density at radius 2 is 2.06 bits per heavy atom. The zero-order chi connectivity index (χ0) is 13.4. The minimum Gasteiger partial charge on any atom is -0.480 e. The lowest BCUT2D eigenvalue weighted by Gasteiger charge is -2.12. The van der Waals surface area contributed by atoms with E-state index in [2.05, 4.69) is 11.9 Å². The summed E-state index contributed by atoms with van der Waals surface area (Å²) in [7, 11) is 0. The number of benzene rings is 1. The standard InChI is InChI=1S/C13H15NO3S/c1-2-6-11(13(16)17)14-12(15)9-18-10-7-4-3-5-8-10/h2-5,7-8,11H,1,6,9H2,(H,14,15)(H,16,17). The summed E-state index contributed by atoms with van der Waals surface area (Å²) in [6.07, 6.45) is 1.69. The number of carbonyl (C=O) groups excluding carboxylic acids is 1. The first-order valence-electron chi connectivity index (χ1n) is 5.44. The number of thioether (sulfide) groups is 1. The molecule has 0 saturated heterocycles. The highest BCUT2D eigenvalue weighted by atomic mass is 32.2. The zero-order valence-electron chi connectivity index (χ0n) is 9.83. The number of aliphatic carboxylic acids is 1. The topological polar surface area (TPSA) is 66.4 Å². The second-order valence-corrected chi connectivity index (χ2v) is 4.63. The van der Waals surface area contributed by atoms with Gasteiger partial charge in [0.2, 0.25) is 5.91 Å². The molecular weight excluding hydrogens is 250 g/mol. The Bertz CT molecular complexity index is 420. The van der Waals surface area contributed by atoms with Gasteiger partial charge >= 0.3 is 5.97 Å². The van der Waals surface area contributed by atoms with Crippen LogP contribution in [-0.2, 0) is 9.59 Å². The third-order valence-corrected chi connectivity index (χ3v) is 3.16. The van der Waals surface area contributed by atoms with Crippen LogP contribution in [0.15, 0.2) is 47.9 Å². The van der Waals surface area contributed by atoms with Crippen LogP contribution in [0, 0.1) is 0 Å². The molecule has 0 aliphatic heterocycles. The molecule has 1 aromatic carbocycles.